The molecule has 1 aliphatic rings. The van der Waals surface area contributed by atoms with Crippen molar-refractivity contribution >= 4 is 23.5 Å². The Morgan fingerprint density at radius 3 is 2.66 bits per heavy atom. The van der Waals surface area contributed by atoms with Crippen molar-refractivity contribution in [3.05, 3.63) is 24.5 Å². The van der Waals surface area contributed by atoms with E-state index in [0.717, 1.165) is 32.0 Å². The van der Waals surface area contributed by atoms with Gasteiger partial charge >= 0.3 is 6.09 Å². The van der Waals surface area contributed by atoms with E-state index in [0.29, 0.717) is 30.3 Å². The zero-order chi connectivity index (χ0) is 22.9. The van der Waals surface area contributed by atoms with Crippen LogP contribution in [0.3, 0.4) is 0 Å². The van der Waals surface area contributed by atoms with Crippen molar-refractivity contribution in [1.29, 1.82) is 0 Å². The minimum absolute atomic E-state index is 0.246. The smallest absolute Gasteiger partial charge is 0.410 e. The van der Waals surface area contributed by atoms with E-state index in [4.69, 9.17) is 14.9 Å². The van der Waals surface area contributed by atoms with Crippen LogP contribution in [0.25, 0.3) is 17.2 Å². The Morgan fingerprint density at radius 2 is 2.00 bits per heavy atom. The number of ether oxygens (including phenoxy) is 1. The van der Waals surface area contributed by atoms with Crippen LogP contribution in [0.5, 0.6) is 0 Å². The van der Waals surface area contributed by atoms with E-state index in [9.17, 15) is 4.79 Å². The molecule has 1 aliphatic heterocycles. The number of carbonyl (C=O) groups is 1. The fraction of sp³-hybridized carbons (Fsp3) is 0.524. The van der Waals surface area contributed by atoms with E-state index >= 15 is 0 Å². The molecule has 0 bridgehead atoms. The van der Waals surface area contributed by atoms with Gasteiger partial charge in [-0.15, -0.1) is 5.10 Å². The lowest BCUT2D eigenvalue weighted by Crippen LogP contribution is -2.51. The molecule has 0 spiro atoms. The first-order valence-corrected chi connectivity index (χ1v) is 10.7. The molecule has 4 rings (SSSR count). The molecule has 0 aliphatic carbocycles. The summed E-state index contributed by atoms with van der Waals surface area (Å²) < 4.78 is 12.3. The number of nitrogens with two attached hydrogens (primary N) is 1. The Morgan fingerprint density at radius 1 is 1.25 bits per heavy atom. The predicted molar refractivity (Wildman–Crippen MR) is 120 cm³/mol. The summed E-state index contributed by atoms with van der Waals surface area (Å²) in [7, 11) is 1.97. The van der Waals surface area contributed by atoms with Crippen molar-refractivity contribution < 1.29 is 13.9 Å². The number of fused-ring (bicyclic) bond motifs is 1. The van der Waals surface area contributed by atoms with Gasteiger partial charge in [0.25, 0.3) is 0 Å². The van der Waals surface area contributed by atoms with Crippen molar-refractivity contribution in [2.45, 2.75) is 26.4 Å². The number of furan rings is 1. The van der Waals surface area contributed by atoms with Gasteiger partial charge in [-0.1, -0.05) is 0 Å². The third kappa shape index (κ3) is 4.93. The third-order valence-corrected chi connectivity index (χ3v) is 5.24. The van der Waals surface area contributed by atoms with Gasteiger partial charge in [-0.25, -0.2) is 9.78 Å². The maximum atomic E-state index is 12.2. The minimum atomic E-state index is -0.476. The van der Waals surface area contributed by atoms with Crippen LogP contribution < -0.4 is 10.6 Å². The zero-order valence-electron chi connectivity index (χ0n) is 19.0. The van der Waals surface area contributed by atoms with Crippen molar-refractivity contribution in [3.63, 3.8) is 0 Å². The van der Waals surface area contributed by atoms with Crippen LogP contribution in [0.15, 0.2) is 28.9 Å². The molecule has 0 aromatic carbocycles. The van der Waals surface area contributed by atoms with Crippen molar-refractivity contribution in [1.82, 2.24) is 29.4 Å². The molecule has 11 nitrogen and oxygen atoms in total. The first-order chi connectivity index (χ1) is 15.2. The first kappa shape index (κ1) is 21.9. The molecule has 172 valence electrons. The zero-order valence-corrected chi connectivity index (χ0v) is 19.0. The van der Waals surface area contributed by atoms with Crippen LogP contribution >= 0.6 is 0 Å². The van der Waals surface area contributed by atoms with Gasteiger partial charge in [0.15, 0.2) is 11.4 Å². The number of hydrogen-bond donors (Lipinski definition) is 1. The average molecular weight is 443 g/mol. The van der Waals surface area contributed by atoms with E-state index in [1.807, 2.05) is 38.8 Å². The van der Waals surface area contributed by atoms with Gasteiger partial charge in [0.1, 0.15) is 11.4 Å². The molecule has 3 aromatic rings. The number of piperazine rings is 1. The number of rotatable bonds is 5. The van der Waals surface area contributed by atoms with Crippen LogP contribution in [0, 0.1) is 0 Å². The quantitative estimate of drug-likeness (QED) is 0.632. The van der Waals surface area contributed by atoms with Gasteiger partial charge in [-0.3, -0.25) is 4.90 Å². The molecule has 1 amide bonds. The third-order valence-electron chi connectivity index (χ3n) is 5.24. The number of amides is 1. The molecule has 1 fully saturated rings. The van der Waals surface area contributed by atoms with E-state index < -0.39 is 5.60 Å². The highest BCUT2D eigenvalue weighted by molar-refractivity contribution is 5.68. The van der Waals surface area contributed by atoms with Crippen molar-refractivity contribution in [3.8, 4) is 11.6 Å². The molecule has 11 heteroatoms. The van der Waals surface area contributed by atoms with E-state index in [1.54, 1.807) is 23.3 Å². The van der Waals surface area contributed by atoms with Crippen LogP contribution in [-0.4, -0.2) is 87.4 Å². The summed E-state index contributed by atoms with van der Waals surface area (Å²) >= 11 is 0. The van der Waals surface area contributed by atoms with Crippen molar-refractivity contribution in [2.75, 3.05) is 56.9 Å². The first-order valence-electron chi connectivity index (χ1n) is 10.7. The SMILES string of the molecule is CN(CCN1CCN(C(=O)OC(C)(C)C)CC1)c1cc2nc(-c3ccco3)nn2c(N)n1. The monoisotopic (exact) mass is 442 g/mol. The van der Waals surface area contributed by atoms with Gasteiger partial charge in [-0.2, -0.15) is 9.50 Å². The van der Waals surface area contributed by atoms with Gasteiger partial charge in [0, 0.05) is 52.4 Å². The van der Waals surface area contributed by atoms with Crippen LogP contribution in [0.2, 0.25) is 0 Å². The lowest BCUT2D eigenvalue weighted by atomic mass is 10.2. The topological polar surface area (TPSA) is 118 Å². The van der Waals surface area contributed by atoms with Crippen LogP contribution in [0.4, 0.5) is 16.6 Å². The van der Waals surface area contributed by atoms with E-state index in [2.05, 4.69) is 20.0 Å². The van der Waals surface area contributed by atoms with Crippen LogP contribution in [0.1, 0.15) is 20.8 Å². The summed E-state index contributed by atoms with van der Waals surface area (Å²) in [5, 5.41) is 4.37. The highest BCUT2D eigenvalue weighted by Crippen LogP contribution is 2.21. The summed E-state index contributed by atoms with van der Waals surface area (Å²) in [6, 6.07) is 5.44. The molecule has 0 unspecified atom stereocenters. The average Bonchev–Trinajstić information content (AvgIpc) is 3.41. The molecular formula is C21H30N8O3. The van der Waals surface area contributed by atoms with E-state index in [-0.39, 0.29) is 12.0 Å². The Hall–Kier alpha value is -3.34. The second kappa shape index (κ2) is 8.65. The second-order valence-corrected chi connectivity index (χ2v) is 8.89. The standard InChI is InChI=1S/C21H30N8O3/c1-21(2,3)32-20(30)28-11-9-27(10-12-28)8-7-26(4)16-14-17-23-18(15-6-5-13-31-15)25-29(17)19(22)24-16/h5-6,13-14H,7-12H2,1-4H3,(H2,22,24). The summed E-state index contributed by atoms with van der Waals surface area (Å²) in [6.45, 7) is 10.2. The summed E-state index contributed by atoms with van der Waals surface area (Å²) in [5.41, 5.74) is 6.25. The van der Waals surface area contributed by atoms with Crippen molar-refractivity contribution in [2.24, 2.45) is 0 Å². The largest absolute Gasteiger partial charge is 0.461 e. The number of likely N-dealkylation sites (N-methyl/N-ethyl adjacent to an activating group) is 1. The Labute approximate surface area is 186 Å². The highest BCUT2D eigenvalue weighted by Gasteiger charge is 2.26. The molecule has 4 heterocycles. The number of hydrogen-bond acceptors (Lipinski definition) is 9. The number of carbonyl (C=O) groups excluding carboxylic acids is 1. The van der Waals surface area contributed by atoms with E-state index in [1.165, 1.54) is 4.52 Å². The van der Waals surface area contributed by atoms with Crippen LogP contribution in [-0.2, 0) is 4.74 Å². The second-order valence-electron chi connectivity index (χ2n) is 8.89. The lowest BCUT2D eigenvalue weighted by molar-refractivity contribution is 0.0147. The fourth-order valence-electron chi connectivity index (χ4n) is 3.49. The molecule has 3 aromatic heterocycles. The predicted octanol–water partition coefficient (Wildman–Crippen LogP) is 1.96. The fourth-order valence-corrected chi connectivity index (χ4v) is 3.49. The lowest BCUT2D eigenvalue weighted by Gasteiger charge is -2.36. The van der Waals surface area contributed by atoms with Gasteiger partial charge in [0.2, 0.25) is 11.8 Å². The van der Waals surface area contributed by atoms with Gasteiger partial charge < -0.3 is 24.7 Å². The van der Waals surface area contributed by atoms with Gasteiger partial charge in [0.05, 0.1) is 6.26 Å². The molecule has 0 atom stereocenters. The van der Waals surface area contributed by atoms with Gasteiger partial charge in [-0.05, 0) is 32.9 Å². The Kier molecular flexibility index (Phi) is 5.92. The summed E-state index contributed by atoms with van der Waals surface area (Å²) in [6.07, 6.45) is 1.33. The number of aromatic nitrogens is 4. The molecule has 0 radical (unpaired) electrons. The summed E-state index contributed by atoms with van der Waals surface area (Å²) in [4.78, 5) is 27.3. The number of anilines is 2. The summed E-state index contributed by atoms with van der Waals surface area (Å²) in [5.74, 6) is 2.03. The number of nitrogen functional groups attached to an aromatic ring is 1. The maximum Gasteiger partial charge on any atom is 0.410 e. The Bertz CT molecular complexity index is 1060. The maximum absolute atomic E-state index is 12.2. The molecule has 0 saturated carbocycles. The normalized spacial score (nSPS) is 15.3. The Balaban J connectivity index is 1.33. The molecule has 1 saturated heterocycles. The minimum Gasteiger partial charge on any atom is -0.461 e. The molecule has 32 heavy (non-hydrogen) atoms. The molecular weight excluding hydrogens is 412 g/mol. The molecule has 2 N–H and O–H groups in total. The number of nitrogens with zero attached hydrogens (tertiary/aromatic N) is 7. The highest BCUT2D eigenvalue weighted by atomic mass is 16.6.